The first-order valence-electron chi connectivity index (χ1n) is 6.24. The van der Waals surface area contributed by atoms with E-state index in [0.29, 0.717) is 28.7 Å². The van der Waals surface area contributed by atoms with Gasteiger partial charge in [-0.3, -0.25) is 9.13 Å². The van der Waals surface area contributed by atoms with Gasteiger partial charge in [-0.05, 0) is 26.5 Å². The lowest BCUT2D eigenvalue weighted by atomic mass is 10.0. The molecule has 5 atom stereocenters. The summed E-state index contributed by atoms with van der Waals surface area (Å²) in [5.74, 6) is 0.440. The number of nitrogens with zero attached hydrogens (tertiary/aromatic N) is 3. The molecule has 1 saturated heterocycles. The first kappa shape index (κ1) is 15.9. The van der Waals surface area contributed by atoms with Gasteiger partial charge in [0.05, 0.1) is 18.8 Å². The summed E-state index contributed by atoms with van der Waals surface area (Å²) in [6.07, 6.45) is 3.45. The number of nitrogen functional groups attached to an aromatic ring is 1. The van der Waals surface area contributed by atoms with Crippen LogP contribution in [-0.4, -0.2) is 32.9 Å². The van der Waals surface area contributed by atoms with Crippen molar-refractivity contribution in [1.82, 2.24) is 14.5 Å². The summed E-state index contributed by atoms with van der Waals surface area (Å²) in [5, 5.41) is 0. The second kappa shape index (κ2) is 7.51. The Hall–Kier alpha value is -0.470. The Morgan fingerprint density at radius 2 is 2.45 bits per heavy atom. The summed E-state index contributed by atoms with van der Waals surface area (Å²) in [6.45, 7) is 2.60. The molecule has 0 aliphatic carbocycles. The van der Waals surface area contributed by atoms with Gasteiger partial charge in [-0.15, -0.1) is 0 Å². The Kier molecular flexibility index (Phi) is 5.98. The largest absolute Gasteiger partial charge is 0.372 e. The van der Waals surface area contributed by atoms with Crippen LogP contribution in [0.4, 0.5) is 5.95 Å². The van der Waals surface area contributed by atoms with Crippen molar-refractivity contribution in [2.45, 2.75) is 32.1 Å². The molecule has 1 fully saturated rings. The minimum Gasteiger partial charge on any atom is -0.372 e. The number of nitrogens with two attached hydrogens (primary N) is 1. The Labute approximate surface area is 121 Å². The van der Waals surface area contributed by atoms with Crippen LogP contribution >= 0.6 is 24.4 Å². The fourth-order valence-electron chi connectivity index (χ4n) is 2.26. The highest BCUT2D eigenvalue weighted by Gasteiger charge is 2.32. The van der Waals surface area contributed by atoms with Crippen molar-refractivity contribution < 1.29 is 9.30 Å². The summed E-state index contributed by atoms with van der Waals surface area (Å²) in [4.78, 5) is 19.1. The number of hydrogen-bond acceptors (Lipinski definition) is 6. The normalized spacial score (nSPS) is 27.4. The number of ether oxygens (including phenoxy) is 1. The smallest absolute Gasteiger partial charge is 0.352 e. The van der Waals surface area contributed by atoms with Crippen LogP contribution in [0.2, 0.25) is 0 Å². The molecule has 0 bridgehead atoms. The Balaban J connectivity index is 1.91. The third-order valence-corrected chi connectivity index (χ3v) is 7.71. The van der Waals surface area contributed by atoms with Crippen LogP contribution < -0.4 is 11.4 Å². The van der Waals surface area contributed by atoms with Crippen LogP contribution in [-0.2, 0) is 15.8 Å². The molecule has 2 rings (SSSR count). The number of aromatic nitrogens is 3. The van der Waals surface area contributed by atoms with Crippen molar-refractivity contribution >= 4 is 30.3 Å². The number of anilines is 1. The number of hydrogen-bond donors (Lipinski definition) is 1. The van der Waals surface area contributed by atoms with E-state index in [0.717, 1.165) is 12.6 Å². The van der Waals surface area contributed by atoms with E-state index in [1.54, 1.807) is 0 Å². The summed E-state index contributed by atoms with van der Waals surface area (Å²) in [7, 11) is 1.37. The van der Waals surface area contributed by atoms with Gasteiger partial charge in [-0.25, -0.2) is 9.78 Å². The second-order valence-corrected chi connectivity index (χ2v) is 10.2. The monoisotopic (exact) mass is 334 g/mol. The fourth-order valence-corrected chi connectivity index (χ4v) is 5.59. The van der Waals surface area contributed by atoms with E-state index in [2.05, 4.69) is 16.9 Å². The Morgan fingerprint density at radius 1 is 1.65 bits per heavy atom. The van der Waals surface area contributed by atoms with Gasteiger partial charge in [-0.1, -0.05) is 15.2 Å². The molecule has 2 N–H and O–H groups in total. The molecule has 3 unspecified atom stereocenters. The quantitative estimate of drug-likeness (QED) is 0.625. The molecule has 110 valence electrons. The number of rotatable bonds is 6. The minimum atomic E-state index is -0.397. The molecular weight excluding hydrogens is 317 g/mol. The third-order valence-electron chi connectivity index (χ3n) is 3.25. The fraction of sp³-hybridized carbons (Fsp3) is 0.700. The maximum atomic E-state index is 11.6. The molecule has 1 aromatic heterocycles. The van der Waals surface area contributed by atoms with Gasteiger partial charge in [0.2, 0.25) is 5.95 Å². The molecule has 0 aromatic carbocycles. The molecule has 0 amide bonds. The van der Waals surface area contributed by atoms with Crippen LogP contribution in [0, 0.1) is 5.92 Å². The van der Waals surface area contributed by atoms with E-state index in [4.69, 9.17) is 10.5 Å². The van der Waals surface area contributed by atoms with Crippen LogP contribution in [0.3, 0.4) is 0 Å². The van der Waals surface area contributed by atoms with Gasteiger partial charge in [0.1, 0.15) is 6.33 Å². The molecule has 10 heteroatoms. The van der Waals surface area contributed by atoms with Crippen molar-refractivity contribution in [3.05, 3.63) is 16.8 Å². The highest BCUT2D eigenvalue weighted by Crippen LogP contribution is 2.48. The lowest BCUT2D eigenvalue weighted by Gasteiger charge is -2.15. The summed E-state index contributed by atoms with van der Waals surface area (Å²) >= 11 is 0. The first-order chi connectivity index (χ1) is 9.60. The standard InChI is InChI=1S/C10H17N4O3P3/c1-6-2-7(17-8(6)4-18-20-19-16)3-14-5-12-9(11)13-10(14)15/h5-8,18,20H,2-4H2,1H3,(H2,11,13,15)/t6?,7-,8-/m1/s1. The lowest BCUT2D eigenvalue weighted by molar-refractivity contribution is 0.0401. The minimum absolute atomic E-state index is 0.00198. The SMILES string of the molecule is CC1C[C@H](Cn2cnc(N)nc2=O)O[C@@H]1CPPP=O. The lowest BCUT2D eigenvalue weighted by Crippen LogP contribution is -2.29. The summed E-state index contributed by atoms with van der Waals surface area (Å²) in [6, 6.07) is 0. The van der Waals surface area contributed by atoms with Crippen molar-refractivity contribution in [3.8, 4) is 0 Å². The molecule has 0 spiro atoms. The van der Waals surface area contributed by atoms with E-state index >= 15 is 0 Å². The zero-order chi connectivity index (χ0) is 14.5. The zero-order valence-corrected chi connectivity index (χ0v) is 13.9. The Morgan fingerprint density at radius 3 is 3.15 bits per heavy atom. The molecule has 2 heterocycles. The average Bonchev–Trinajstić information content (AvgIpc) is 2.74. The maximum Gasteiger partial charge on any atom is 0.352 e. The van der Waals surface area contributed by atoms with E-state index in [1.165, 1.54) is 10.9 Å². The van der Waals surface area contributed by atoms with Gasteiger partial charge < -0.3 is 10.5 Å². The predicted octanol–water partition coefficient (Wildman–Crippen LogP) is 1.49. The summed E-state index contributed by atoms with van der Waals surface area (Å²) in [5.41, 5.74) is 4.96. The summed E-state index contributed by atoms with van der Waals surface area (Å²) < 4.78 is 17.8. The predicted molar refractivity (Wildman–Crippen MR) is 82.2 cm³/mol. The molecule has 0 radical (unpaired) electrons. The molecule has 1 aliphatic rings. The van der Waals surface area contributed by atoms with Gasteiger partial charge in [-0.2, -0.15) is 4.98 Å². The first-order valence-corrected chi connectivity index (χ1v) is 11.1. The van der Waals surface area contributed by atoms with E-state index < -0.39 is 5.69 Å². The highest BCUT2D eigenvalue weighted by atomic mass is 32.4. The van der Waals surface area contributed by atoms with E-state index in [1.807, 2.05) is 0 Å². The van der Waals surface area contributed by atoms with Gasteiger partial charge in [0, 0.05) is 0 Å². The van der Waals surface area contributed by atoms with Crippen molar-refractivity contribution in [2.24, 2.45) is 5.92 Å². The second-order valence-electron chi connectivity index (χ2n) is 4.74. The van der Waals surface area contributed by atoms with Crippen LogP contribution in [0.5, 0.6) is 0 Å². The molecule has 1 aromatic rings. The van der Waals surface area contributed by atoms with Crippen LogP contribution in [0.25, 0.3) is 0 Å². The maximum absolute atomic E-state index is 11.6. The third kappa shape index (κ3) is 4.26. The van der Waals surface area contributed by atoms with Crippen molar-refractivity contribution in [1.29, 1.82) is 0 Å². The van der Waals surface area contributed by atoms with E-state index in [-0.39, 0.29) is 26.3 Å². The average molecular weight is 334 g/mol. The van der Waals surface area contributed by atoms with Crippen molar-refractivity contribution in [2.75, 3.05) is 11.9 Å². The molecule has 7 nitrogen and oxygen atoms in total. The van der Waals surface area contributed by atoms with Crippen LogP contribution in [0.15, 0.2) is 11.1 Å². The zero-order valence-electron chi connectivity index (χ0n) is 11.0. The van der Waals surface area contributed by atoms with Crippen LogP contribution in [0.1, 0.15) is 13.3 Å². The Bertz CT molecular complexity index is 527. The van der Waals surface area contributed by atoms with Crippen molar-refractivity contribution in [3.63, 3.8) is 0 Å². The van der Waals surface area contributed by atoms with Gasteiger partial charge in [0.15, 0.2) is 8.15 Å². The molecule has 0 saturated carbocycles. The topological polar surface area (TPSA) is 100 Å². The molecular formula is C10H17N4O3P3. The highest BCUT2D eigenvalue weighted by molar-refractivity contribution is 8.40. The molecule has 1 aliphatic heterocycles. The molecule has 20 heavy (non-hydrogen) atoms. The van der Waals surface area contributed by atoms with Gasteiger partial charge in [0.25, 0.3) is 0 Å². The van der Waals surface area contributed by atoms with Gasteiger partial charge >= 0.3 is 5.69 Å². The van der Waals surface area contributed by atoms with E-state index in [9.17, 15) is 9.36 Å².